The number of nitrogens with one attached hydrogen (secondary N) is 1. The minimum Gasteiger partial charge on any atom is -0.325 e. The molecule has 0 saturated carbocycles. The second-order valence-corrected chi connectivity index (χ2v) is 8.86. The molecule has 0 aliphatic carbocycles. The summed E-state index contributed by atoms with van der Waals surface area (Å²) in [5.74, 6) is -0.861. The molecule has 1 N–H and O–H groups in total. The van der Waals surface area contributed by atoms with Crippen LogP contribution in [0.15, 0.2) is 53.4 Å². The van der Waals surface area contributed by atoms with Crippen LogP contribution in [0.2, 0.25) is 0 Å². The lowest BCUT2D eigenvalue weighted by Gasteiger charge is -2.12. The fourth-order valence-corrected chi connectivity index (χ4v) is 3.78. The van der Waals surface area contributed by atoms with Gasteiger partial charge in [-0.3, -0.25) is 19.3 Å². The quantitative estimate of drug-likeness (QED) is 0.419. The van der Waals surface area contributed by atoms with E-state index in [9.17, 15) is 14.4 Å². The number of anilines is 1. The van der Waals surface area contributed by atoms with Gasteiger partial charge in [-0.1, -0.05) is 12.1 Å². The van der Waals surface area contributed by atoms with Crippen LogP contribution in [0, 0.1) is 7.14 Å². The standard InChI is InChI=1S/C18H12I2N2O3S/c19-12-3-1-11(2-4-12)9-15-17(24)22(18(25)26-15)10-16(23)21-14-7-5-13(20)6-8-14/h1-9H,10H2,(H,21,23)/b15-9-. The number of hydrogen-bond donors (Lipinski definition) is 1. The van der Waals surface area contributed by atoms with Crippen LogP contribution >= 0.6 is 56.9 Å². The first-order valence-electron chi connectivity index (χ1n) is 7.49. The van der Waals surface area contributed by atoms with Crippen LogP contribution in [-0.4, -0.2) is 28.5 Å². The number of halogens is 2. The highest BCUT2D eigenvalue weighted by Gasteiger charge is 2.36. The second-order valence-electron chi connectivity index (χ2n) is 5.37. The normalized spacial score (nSPS) is 15.6. The van der Waals surface area contributed by atoms with E-state index in [0.29, 0.717) is 10.6 Å². The van der Waals surface area contributed by atoms with E-state index >= 15 is 0 Å². The van der Waals surface area contributed by atoms with E-state index in [1.807, 2.05) is 36.4 Å². The predicted molar refractivity (Wildman–Crippen MR) is 120 cm³/mol. The van der Waals surface area contributed by atoms with Gasteiger partial charge in [-0.25, -0.2) is 0 Å². The molecule has 3 amide bonds. The zero-order chi connectivity index (χ0) is 18.7. The molecular formula is C18H12I2N2O3S. The van der Waals surface area contributed by atoms with Gasteiger partial charge in [0.15, 0.2) is 0 Å². The van der Waals surface area contributed by atoms with E-state index in [4.69, 9.17) is 0 Å². The molecule has 1 aliphatic rings. The number of benzene rings is 2. The molecule has 0 bridgehead atoms. The molecule has 132 valence electrons. The number of carbonyl (C=O) groups is 3. The summed E-state index contributed by atoms with van der Waals surface area (Å²) in [6.45, 7) is -0.305. The molecule has 1 heterocycles. The lowest BCUT2D eigenvalue weighted by Crippen LogP contribution is -2.36. The Bertz CT molecular complexity index is 896. The maximum absolute atomic E-state index is 12.5. The van der Waals surface area contributed by atoms with Crippen molar-refractivity contribution in [1.82, 2.24) is 4.90 Å². The Morgan fingerprint density at radius 3 is 2.19 bits per heavy atom. The minimum absolute atomic E-state index is 0.305. The van der Waals surface area contributed by atoms with Crippen molar-refractivity contribution in [3.63, 3.8) is 0 Å². The van der Waals surface area contributed by atoms with Gasteiger partial charge in [0, 0.05) is 12.8 Å². The Kier molecular flexibility index (Phi) is 6.35. The van der Waals surface area contributed by atoms with Crippen molar-refractivity contribution in [3.8, 4) is 0 Å². The number of rotatable bonds is 4. The van der Waals surface area contributed by atoms with E-state index in [1.165, 1.54) is 0 Å². The van der Waals surface area contributed by atoms with Gasteiger partial charge in [0.1, 0.15) is 6.54 Å². The zero-order valence-corrected chi connectivity index (χ0v) is 18.4. The molecule has 5 nitrogen and oxygen atoms in total. The summed E-state index contributed by atoms with van der Waals surface area (Å²) in [7, 11) is 0. The van der Waals surface area contributed by atoms with Gasteiger partial charge >= 0.3 is 0 Å². The molecule has 3 rings (SSSR count). The summed E-state index contributed by atoms with van der Waals surface area (Å²) in [5, 5.41) is 2.25. The summed E-state index contributed by atoms with van der Waals surface area (Å²) in [4.78, 5) is 38.0. The average Bonchev–Trinajstić information content (AvgIpc) is 2.86. The van der Waals surface area contributed by atoms with E-state index in [-0.39, 0.29) is 6.54 Å². The van der Waals surface area contributed by atoms with Crippen LogP contribution < -0.4 is 5.32 Å². The topological polar surface area (TPSA) is 66.5 Å². The van der Waals surface area contributed by atoms with E-state index in [2.05, 4.69) is 50.5 Å². The Hall–Kier alpha value is -1.40. The number of hydrogen-bond acceptors (Lipinski definition) is 4. The molecular weight excluding hydrogens is 578 g/mol. The van der Waals surface area contributed by atoms with Crippen molar-refractivity contribution < 1.29 is 14.4 Å². The first-order chi connectivity index (χ1) is 12.4. The van der Waals surface area contributed by atoms with Crippen molar-refractivity contribution in [2.24, 2.45) is 0 Å². The Morgan fingerprint density at radius 1 is 1.00 bits per heavy atom. The fourth-order valence-electron chi connectivity index (χ4n) is 2.22. The molecule has 1 aliphatic heterocycles. The van der Waals surface area contributed by atoms with E-state index in [0.717, 1.165) is 29.4 Å². The SMILES string of the molecule is O=C(CN1C(=O)S/C(=C\c2ccc(I)cc2)C1=O)Nc1ccc(I)cc1. The van der Waals surface area contributed by atoms with Crippen LogP contribution in [0.3, 0.4) is 0 Å². The van der Waals surface area contributed by atoms with Crippen LogP contribution in [0.5, 0.6) is 0 Å². The largest absolute Gasteiger partial charge is 0.325 e. The molecule has 1 saturated heterocycles. The van der Waals surface area contributed by atoms with Crippen LogP contribution in [0.4, 0.5) is 10.5 Å². The van der Waals surface area contributed by atoms with Crippen molar-refractivity contribution in [1.29, 1.82) is 0 Å². The molecule has 2 aromatic rings. The summed E-state index contributed by atoms with van der Waals surface area (Å²) < 4.78 is 2.13. The van der Waals surface area contributed by atoms with E-state index < -0.39 is 17.1 Å². The van der Waals surface area contributed by atoms with Crippen LogP contribution in [0.1, 0.15) is 5.56 Å². The van der Waals surface area contributed by atoms with Crippen LogP contribution in [0.25, 0.3) is 6.08 Å². The third-order valence-electron chi connectivity index (χ3n) is 3.47. The Labute approximate surface area is 181 Å². The Balaban J connectivity index is 1.67. The summed E-state index contributed by atoms with van der Waals surface area (Å²) >= 11 is 5.21. The first-order valence-corrected chi connectivity index (χ1v) is 10.5. The molecule has 8 heteroatoms. The Morgan fingerprint density at radius 2 is 1.58 bits per heavy atom. The highest BCUT2D eigenvalue weighted by Crippen LogP contribution is 2.32. The highest BCUT2D eigenvalue weighted by molar-refractivity contribution is 14.1. The first kappa shape index (κ1) is 19.4. The van der Waals surface area contributed by atoms with Gasteiger partial charge in [-0.05, 0) is 105 Å². The average molecular weight is 590 g/mol. The van der Waals surface area contributed by atoms with Crippen molar-refractivity contribution in [2.75, 3.05) is 11.9 Å². The molecule has 0 atom stereocenters. The summed E-state index contributed by atoms with van der Waals surface area (Å²) in [6.07, 6.45) is 1.66. The molecule has 2 aromatic carbocycles. The number of carbonyl (C=O) groups excluding carboxylic acids is 3. The van der Waals surface area contributed by atoms with Crippen molar-refractivity contribution in [2.45, 2.75) is 0 Å². The highest BCUT2D eigenvalue weighted by atomic mass is 127. The molecule has 1 fully saturated rings. The van der Waals surface area contributed by atoms with Gasteiger partial charge in [0.2, 0.25) is 5.91 Å². The van der Waals surface area contributed by atoms with Crippen molar-refractivity contribution >= 4 is 85.8 Å². The third-order valence-corrected chi connectivity index (χ3v) is 5.82. The van der Waals surface area contributed by atoms with Crippen LogP contribution in [-0.2, 0) is 9.59 Å². The van der Waals surface area contributed by atoms with Gasteiger partial charge in [0.25, 0.3) is 11.1 Å². The summed E-state index contributed by atoms with van der Waals surface area (Å²) in [6, 6.07) is 14.9. The molecule has 0 radical (unpaired) electrons. The van der Waals surface area contributed by atoms with Crippen molar-refractivity contribution in [3.05, 3.63) is 66.1 Å². The van der Waals surface area contributed by atoms with Gasteiger partial charge < -0.3 is 5.32 Å². The molecule has 26 heavy (non-hydrogen) atoms. The third kappa shape index (κ3) is 4.86. The maximum atomic E-state index is 12.5. The number of imide groups is 1. The summed E-state index contributed by atoms with van der Waals surface area (Å²) in [5.41, 5.74) is 1.45. The predicted octanol–water partition coefficient (Wildman–Crippen LogP) is 4.57. The second kappa shape index (κ2) is 8.53. The number of amides is 3. The maximum Gasteiger partial charge on any atom is 0.294 e. The lowest BCUT2D eigenvalue weighted by molar-refractivity contribution is -0.127. The molecule has 0 spiro atoms. The zero-order valence-electron chi connectivity index (χ0n) is 13.2. The number of nitrogens with zero attached hydrogens (tertiary/aromatic N) is 1. The molecule has 0 unspecified atom stereocenters. The fraction of sp³-hybridized carbons (Fsp3) is 0.0556. The van der Waals surface area contributed by atoms with Gasteiger partial charge in [0.05, 0.1) is 4.91 Å². The van der Waals surface area contributed by atoms with E-state index in [1.54, 1.807) is 18.2 Å². The lowest BCUT2D eigenvalue weighted by atomic mass is 10.2. The number of thioether (sulfide) groups is 1. The van der Waals surface area contributed by atoms with Gasteiger partial charge in [-0.15, -0.1) is 0 Å². The monoisotopic (exact) mass is 590 g/mol. The minimum atomic E-state index is -0.448. The smallest absolute Gasteiger partial charge is 0.294 e. The molecule has 0 aromatic heterocycles. The van der Waals surface area contributed by atoms with Gasteiger partial charge in [-0.2, -0.15) is 0 Å².